The van der Waals surface area contributed by atoms with E-state index in [1.807, 2.05) is 48.8 Å². The van der Waals surface area contributed by atoms with E-state index in [1.54, 1.807) is 4.90 Å². The van der Waals surface area contributed by atoms with E-state index in [0.717, 1.165) is 59.7 Å². The van der Waals surface area contributed by atoms with Crippen LogP contribution in [0.25, 0.3) is 28.0 Å². The van der Waals surface area contributed by atoms with Crippen molar-refractivity contribution in [3.63, 3.8) is 0 Å². The Morgan fingerprint density at radius 3 is 2.72 bits per heavy atom. The zero-order chi connectivity index (χ0) is 24.9. The van der Waals surface area contributed by atoms with Gasteiger partial charge in [-0.1, -0.05) is 18.2 Å². The maximum atomic E-state index is 12.3. The summed E-state index contributed by atoms with van der Waals surface area (Å²) >= 11 is 0. The SMILES string of the molecule is CC1(C)CN(Cc2cccc(-c3cc(-c4ccnn4C4CCOCC4)c4c(N)ncnn34)c2)C(=O)O1. The molecule has 0 aliphatic carbocycles. The number of nitrogens with two attached hydrogens (primary N) is 1. The Balaban J connectivity index is 1.41. The van der Waals surface area contributed by atoms with Crippen LogP contribution in [0, 0.1) is 0 Å². The first-order valence-electron chi connectivity index (χ1n) is 12.2. The number of anilines is 1. The van der Waals surface area contributed by atoms with Gasteiger partial charge in [-0.2, -0.15) is 10.2 Å². The van der Waals surface area contributed by atoms with E-state index in [2.05, 4.69) is 32.0 Å². The van der Waals surface area contributed by atoms with Gasteiger partial charge >= 0.3 is 6.09 Å². The van der Waals surface area contributed by atoms with Gasteiger partial charge in [0.15, 0.2) is 5.82 Å². The van der Waals surface area contributed by atoms with Gasteiger partial charge in [0, 0.05) is 37.1 Å². The molecule has 3 aromatic heterocycles. The van der Waals surface area contributed by atoms with Crippen molar-refractivity contribution in [1.29, 1.82) is 0 Å². The van der Waals surface area contributed by atoms with Gasteiger partial charge in [-0.3, -0.25) is 9.58 Å². The molecule has 0 bridgehead atoms. The number of hydrogen-bond donors (Lipinski definition) is 1. The zero-order valence-corrected chi connectivity index (χ0v) is 20.4. The van der Waals surface area contributed by atoms with E-state index in [9.17, 15) is 4.79 Å². The van der Waals surface area contributed by atoms with E-state index >= 15 is 0 Å². The topological polar surface area (TPSA) is 113 Å². The lowest BCUT2D eigenvalue weighted by Crippen LogP contribution is -2.28. The van der Waals surface area contributed by atoms with E-state index < -0.39 is 5.60 Å². The highest BCUT2D eigenvalue weighted by Gasteiger charge is 2.37. The van der Waals surface area contributed by atoms with Gasteiger partial charge < -0.3 is 15.2 Å². The standard InChI is InChI=1S/C26H29N7O3/c1-26(2)15-31(25(34)36-26)14-17-4-3-5-18(12-17)22-13-20(23-24(27)28-16-30-33(22)23)21-6-9-29-32(21)19-7-10-35-11-8-19/h3-6,9,12-13,16,19H,7-8,10-11,14-15H2,1-2H3,(H2,27,28,30). The summed E-state index contributed by atoms with van der Waals surface area (Å²) < 4.78 is 14.9. The van der Waals surface area contributed by atoms with Gasteiger partial charge in [0.2, 0.25) is 0 Å². The number of cyclic esters (lactones) is 1. The zero-order valence-electron chi connectivity index (χ0n) is 20.4. The first kappa shape index (κ1) is 22.5. The average Bonchev–Trinajstić information content (AvgIpc) is 3.55. The van der Waals surface area contributed by atoms with Crippen LogP contribution in [0.15, 0.2) is 48.9 Å². The highest BCUT2D eigenvalue weighted by Crippen LogP contribution is 2.37. The highest BCUT2D eigenvalue weighted by atomic mass is 16.6. The highest BCUT2D eigenvalue weighted by molar-refractivity contribution is 5.91. The molecule has 0 radical (unpaired) electrons. The Morgan fingerprint density at radius 2 is 1.94 bits per heavy atom. The van der Waals surface area contributed by atoms with E-state index in [0.29, 0.717) is 18.9 Å². The predicted octanol–water partition coefficient (Wildman–Crippen LogP) is 3.92. The minimum absolute atomic E-state index is 0.265. The minimum atomic E-state index is -0.483. The Morgan fingerprint density at radius 1 is 1.11 bits per heavy atom. The number of nitrogens with zero attached hydrogens (tertiary/aromatic N) is 6. The summed E-state index contributed by atoms with van der Waals surface area (Å²) in [6.07, 6.45) is 4.83. The van der Waals surface area contributed by atoms with E-state index in [1.165, 1.54) is 6.33 Å². The van der Waals surface area contributed by atoms with Gasteiger partial charge in [-0.15, -0.1) is 0 Å². The van der Waals surface area contributed by atoms with Crippen LogP contribution in [0.3, 0.4) is 0 Å². The Kier molecular flexibility index (Phi) is 5.40. The van der Waals surface area contributed by atoms with Crippen molar-refractivity contribution < 1.29 is 14.3 Å². The molecular formula is C26H29N7O3. The molecular weight excluding hydrogens is 458 g/mol. The van der Waals surface area contributed by atoms with Gasteiger partial charge in [0.25, 0.3) is 0 Å². The van der Waals surface area contributed by atoms with E-state index in [-0.39, 0.29) is 12.1 Å². The molecule has 0 unspecified atom stereocenters. The second-order valence-electron chi connectivity index (χ2n) is 10.0. The van der Waals surface area contributed by atoms with Crippen molar-refractivity contribution in [3.8, 4) is 22.5 Å². The van der Waals surface area contributed by atoms with Crippen LogP contribution in [0.4, 0.5) is 10.6 Å². The maximum Gasteiger partial charge on any atom is 0.410 e. The quantitative estimate of drug-likeness (QED) is 0.454. The summed E-state index contributed by atoms with van der Waals surface area (Å²) in [5, 5.41) is 9.19. The number of hydrogen-bond acceptors (Lipinski definition) is 7. The molecule has 2 aliphatic heterocycles. The third-order valence-corrected chi connectivity index (χ3v) is 6.86. The largest absolute Gasteiger partial charge is 0.441 e. The molecule has 5 heterocycles. The van der Waals surface area contributed by atoms with Crippen molar-refractivity contribution in [2.24, 2.45) is 0 Å². The van der Waals surface area contributed by atoms with Crippen molar-refractivity contribution in [1.82, 2.24) is 29.3 Å². The molecule has 1 aromatic carbocycles. The molecule has 10 heteroatoms. The number of aromatic nitrogens is 5. The molecule has 2 fully saturated rings. The van der Waals surface area contributed by atoms with Gasteiger partial charge in [0.05, 0.1) is 24.0 Å². The second kappa shape index (κ2) is 8.63. The van der Waals surface area contributed by atoms with Gasteiger partial charge in [0.1, 0.15) is 17.4 Å². The fraction of sp³-hybridized carbons (Fsp3) is 0.385. The molecule has 2 N–H and O–H groups in total. The molecule has 2 saturated heterocycles. The number of carbonyl (C=O) groups is 1. The molecule has 186 valence electrons. The van der Waals surface area contributed by atoms with Crippen molar-refractivity contribution >= 4 is 17.4 Å². The third-order valence-electron chi connectivity index (χ3n) is 6.86. The van der Waals surface area contributed by atoms with Crippen LogP contribution in [0.1, 0.15) is 38.3 Å². The fourth-order valence-corrected chi connectivity index (χ4v) is 5.24. The Bertz CT molecular complexity index is 1430. The van der Waals surface area contributed by atoms with Crippen LogP contribution >= 0.6 is 0 Å². The van der Waals surface area contributed by atoms with Crippen LogP contribution in [-0.4, -0.2) is 60.7 Å². The molecule has 4 aromatic rings. The Labute approximate surface area is 208 Å². The number of nitrogen functional groups attached to an aromatic ring is 1. The monoisotopic (exact) mass is 487 g/mol. The van der Waals surface area contributed by atoms with Crippen LogP contribution < -0.4 is 5.73 Å². The number of fused-ring (bicyclic) bond motifs is 1. The van der Waals surface area contributed by atoms with Crippen LogP contribution in [0.2, 0.25) is 0 Å². The first-order chi connectivity index (χ1) is 17.4. The second-order valence-corrected chi connectivity index (χ2v) is 10.0. The number of ether oxygens (including phenoxy) is 2. The van der Waals surface area contributed by atoms with Crippen molar-refractivity contribution in [3.05, 3.63) is 54.5 Å². The summed E-state index contributed by atoms with van der Waals surface area (Å²) in [6.45, 7) is 6.32. The molecule has 0 atom stereocenters. The number of carbonyl (C=O) groups excluding carboxylic acids is 1. The summed E-state index contributed by atoms with van der Waals surface area (Å²) in [5.74, 6) is 0.407. The average molecular weight is 488 g/mol. The van der Waals surface area contributed by atoms with Crippen LogP contribution in [-0.2, 0) is 16.0 Å². The lowest BCUT2D eigenvalue weighted by Gasteiger charge is -2.24. The number of rotatable bonds is 5. The summed E-state index contributed by atoms with van der Waals surface area (Å²) in [6, 6.07) is 12.5. The summed E-state index contributed by atoms with van der Waals surface area (Å²) in [7, 11) is 0. The van der Waals surface area contributed by atoms with Gasteiger partial charge in [-0.25, -0.2) is 14.3 Å². The number of benzene rings is 1. The lowest BCUT2D eigenvalue weighted by atomic mass is 10.1. The van der Waals surface area contributed by atoms with Crippen molar-refractivity contribution in [2.45, 2.75) is 44.9 Å². The summed E-state index contributed by atoms with van der Waals surface area (Å²) in [5.41, 5.74) is 11.4. The molecule has 10 nitrogen and oxygen atoms in total. The normalized spacial score (nSPS) is 18.2. The molecule has 0 spiro atoms. The maximum absolute atomic E-state index is 12.3. The molecule has 6 rings (SSSR count). The molecule has 1 amide bonds. The smallest absolute Gasteiger partial charge is 0.410 e. The molecule has 2 aliphatic rings. The minimum Gasteiger partial charge on any atom is -0.441 e. The third kappa shape index (κ3) is 3.97. The lowest BCUT2D eigenvalue weighted by molar-refractivity contribution is 0.0667. The van der Waals surface area contributed by atoms with E-state index in [4.69, 9.17) is 15.2 Å². The fourth-order valence-electron chi connectivity index (χ4n) is 5.24. The Hall–Kier alpha value is -3.92. The first-order valence-corrected chi connectivity index (χ1v) is 12.2. The predicted molar refractivity (Wildman–Crippen MR) is 134 cm³/mol. The van der Waals surface area contributed by atoms with Gasteiger partial charge in [-0.05, 0) is 50.5 Å². The van der Waals surface area contributed by atoms with Crippen molar-refractivity contribution in [2.75, 3.05) is 25.5 Å². The molecule has 0 saturated carbocycles. The number of amides is 1. The van der Waals surface area contributed by atoms with Crippen LogP contribution in [0.5, 0.6) is 0 Å². The summed E-state index contributed by atoms with van der Waals surface area (Å²) in [4.78, 5) is 18.3. The molecule has 36 heavy (non-hydrogen) atoms.